The predicted molar refractivity (Wildman–Crippen MR) is 56.3 cm³/mol. The topological polar surface area (TPSA) is 51.4 Å². The van der Waals surface area contributed by atoms with Crippen LogP contribution in [0.5, 0.6) is 0 Å². The molecule has 0 spiro atoms. The lowest BCUT2D eigenvalue weighted by molar-refractivity contribution is 0.0178. The average Bonchev–Trinajstić information content (AvgIpc) is 2.74. The van der Waals surface area contributed by atoms with Crippen molar-refractivity contribution in [3.63, 3.8) is 0 Å². The van der Waals surface area contributed by atoms with Crippen molar-refractivity contribution in [3.8, 4) is 0 Å². The van der Waals surface area contributed by atoms with Crippen LogP contribution in [0.25, 0.3) is 0 Å². The first kappa shape index (κ1) is 10.0. The van der Waals surface area contributed by atoms with Crippen LogP contribution < -0.4 is 5.73 Å². The Morgan fingerprint density at radius 3 is 2.93 bits per heavy atom. The summed E-state index contributed by atoms with van der Waals surface area (Å²) >= 11 is 1.68. The normalized spacial score (nSPS) is 20.9. The molecule has 2 N–H and O–H groups in total. The molecule has 0 amide bonds. The zero-order chi connectivity index (χ0) is 9.80. The van der Waals surface area contributed by atoms with Gasteiger partial charge < -0.3 is 10.5 Å². The Labute approximate surface area is 87.7 Å². The zero-order valence-electron chi connectivity index (χ0n) is 8.06. The molecule has 0 radical (unpaired) electrons. The van der Waals surface area contributed by atoms with Gasteiger partial charge in [0.25, 0.3) is 0 Å². The summed E-state index contributed by atoms with van der Waals surface area (Å²) in [4.78, 5) is 6.67. The molecule has 1 fully saturated rings. The minimum atomic E-state index is 0.277. The van der Waals surface area contributed by atoms with Gasteiger partial charge in [-0.05, 0) is 0 Å². The van der Waals surface area contributed by atoms with E-state index in [9.17, 15) is 0 Å². The Bertz CT molecular complexity index is 259. The van der Waals surface area contributed by atoms with Crippen molar-refractivity contribution < 1.29 is 4.74 Å². The van der Waals surface area contributed by atoms with Crippen molar-refractivity contribution >= 4 is 11.3 Å². The number of nitrogens with two attached hydrogens (primary N) is 1. The molecule has 1 saturated heterocycles. The number of hydrogen-bond acceptors (Lipinski definition) is 5. The summed E-state index contributed by atoms with van der Waals surface area (Å²) in [6.07, 6.45) is 1.84. The Kier molecular flexibility index (Phi) is 3.47. The molecule has 5 heteroatoms. The van der Waals surface area contributed by atoms with Crippen LogP contribution in [0.1, 0.15) is 11.0 Å². The molecule has 1 unspecified atom stereocenters. The van der Waals surface area contributed by atoms with E-state index in [0.29, 0.717) is 6.54 Å². The highest BCUT2D eigenvalue weighted by atomic mass is 32.1. The second-order valence-electron chi connectivity index (χ2n) is 3.27. The summed E-state index contributed by atoms with van der Waals surface area (Å²) in [5, 5.41) is 3.12. The van der Waals surface area contributed by atoms with Gasteiger partial charge in [0, 0.05) is 31.2 Å². The minimum absolute atomic E-state index is 0.277. The highest BCUT2D eigenvalue weighted by Gasteiger charge is 2.22. The first-order valence-corrected chi connectivity index (χ1v) is 5.71. The Morgan fingerprint density at radius 1 is 1.57 bits per heavy atom. The van der Waals surface area contributed by atoms with E-state index in [-0.39, 0.29) is 6.04 Å². The fourth-order valence-electron chi connectivity index (χ4n) is 1.69. The van der Waals surface area contributed by atoms with Crippen LogP contribution in [0.2, 0.25) is 0 Å². The van der Waals surface area contributed by atoms with Crippen LogP contribution in [0.4, 0.5) is 0 Å². The van der Waals surface area contributed by atoms with Gasteiger partial charge in [0.1, 0.15) is 5.01 Å². The largest absolute Gasteiger partial charge is 0.379 e. The summed E-state index contributed by atoms with van der Waals surface area (Å²) in [7, 11) is 0. The van der Waals surface area contributed by atoms with Crippen LogP contribution in [-0.4, -0.2) is 42.7 Å². The quantitative estimate of drug-likeness (QED) is 0.793. The van der Waals surface area contributed by atoms with Gasteiger partial charge in [0.15, 0.2) is 0 Å². The highest BCUT2D eigenvalue weighted by Crippen LogP contribution is 2.22. The first-order valence-electron chi connectivity index (χ1n) is 4.83. The second kappa shape index (κ2) is 4.84. The summed E-state index contributed by atoms with van der Waals surface area (Å²) in [5.41, 5.74) is 5.78. The predicted octanol–water partition coefficient (Wildman–Crippen LogP) is 0.475. The molecule has 1 aromatic rings. The lowest BCUT2D eigenvalue weighted by Crippen LogP contribution is -2.41. The number of rotatable bonds is 3. The molecule has 1 aliphatic rings. The molecule has 0 bridgehead atoms. The van der Waals surface area contributed by atoms with E-state index in [1.807, 2.05) is 11.6 Å². The van der Waals surface area contributed by atoms with Crippen molar-refractivity contribution in [2.45, 2.75) is 6.04 Å². The highest BCUT2D eigenvalue weighted by molar-refractivity contribution is 7.09. The third-order valence-electron chi connectivity index (χ3n) is 2.45. The molecule has 4 nitrogen and oxygen atoms in total. The molecule has 0 aliphatic carbocycles. The Morgan fingerprint density at radius 2 is 2.36 bits per heavy atom. The fourth-order valence-corrected chi connectivity index (χ4v) is 2.48. The van der Waals surface area contributed by atoms with Crippen molar-refractivity contribution in [2.24, 2.45) is 5.73 Å². The van der Waals surface area contributed by atoms with E-state index in [2.05, 4.69) is 9.88 Å². The maximum Gasteiger partial charge on any atom is 0.111 e. The zero-order valence-corrected chi connectivity index (χ0v) is 8.87. The first-order chi connectivity index (χ1) is 6.92. The number of hydrogen-bond donors (Lipinski definition) is 1. The molecule has 2 heterocycles. The number of aromatic nitrogens is 1. The van der Waals surface area contributed by atoms with Gasteiger partial charge in [-0.2, -0.15) is 0 Å². The van der Waals surface area contributed by atoms with E-state index in [4.69, 9.17) is 10.5 Å². The number of morpholine rings is 1. The molecule has 78 valence electrons. The van der Waals surface area contributed by atoms with E-state index in [0.717, 1.165) is 31.3 Å². The van der Waals surface area contributed by atoms with Gasteiger partial charge in [-0.3, -0.25) is 4.90 Å². The molecular formula is C9H15N3OS. The number of nitrogens with zero attached hydrogens (tertiary/aromatic N) is 2. The molecule has 1 aromatic heterocycles. The SMILES string of the molecule is NCC(c1nccs1)N1CCOCC1. The molecule has 0 saturated carbocycles. The molecule has 1 aliphatic heterocycles. The van der Waals surface area contributed by atoms with Gasteiger partial charge in [-0.15, -0.1) is 11.3 Å². The third-order valence-corrected chi connectivity index (χ3v) is 3.32. The van der Waals surface area contributed by atoms with Crippen molar-refractivity contribution in [2.75, 3.05) is 32.8 Å². The minimum Gasteiger partial charge on any atom is -0.379 e. The van der Waals surface area contributed by atoms with Crippen molar-refractivity contribution in [1.29, 1.82) is 0 Å². The summed E-state index contributed by atoms with van der Waals surface area (Å²) in [5.74, 6) is 0. The maximum absolute atomic E-state index is 5.78. The van der Waals surface area contributed by atoms with E-state index in [1.54, 1.807) is 11.3 Å². The van der Waals surface area contributed by atoms with Crippen LogP contribution in [0, 0.1) is 0 Å². The van der Waals surface area contributed by atoms with Gasteiger partial charge in [-0.1, -0.05) is 0 Å². The molecule has 0 aromatic carbocycles. The van der Waals surface area contributed by atoms with Gasteiger partial charge >= 0.3 is 0 Å². The molecule has 14 heavy (non-hydrogen) atoms. The maximum atomic E-state index is 5.78. The lowest BCUT2D eigenvalue weighted by Gasteiger charge is -2.32. The van der Waals surface area contributed by atoms with Crippen LogP contribution >= 0.6 is 11.3 Å². The van der Waals surface area contributed by atoms with Crippen LogP contribution in [0.3, 0.4) is 0 Å². The smallest absolute Gasteiger partial charge is 0.111 e. The molecular weight excluding hydrogens is 198 g/mol. The van der Waals surface area contributed by atoms with Crippen LogP contribution in [0.15, 0.2) is 11.6 Å². The summed E-state index contributed by atoms with van der Waals surface area (Å²) < 4.78 is 5.31. The average molecular weight is 213 g/mol. The number of ether oxygens (including phenoxy) is 1. The van der Waals surface area contributed by atoms with Crippen LogP contribution in [-0.2, 0) is 4.74 Å². The third kappa shape index (κ3) is 2.12. The molecule has 1 atom stereocenters. The summed E-state index contributed by atoms with van der Waals surface area (Å²) in [6, 6.07) is 0.277. The second-order valence-corrected chi connectivity index (χ2v) is 4.20. The summed E-state index contributed by atoms with van der Waals surface area (Å²) in [6.45, 7) is 4.17. The fraction of sp³-hybridized carbons (Fsp3) is 0.667. The van der Waals surface area contributed by atoms with E-state index < -0.39 is 0 Å². The van der Waals surface area contributed by atoms with E-state index >= 15 is 0 Å². The Balaban J connectivity index is 2.04. The van der Waals surface area contributed by atoms with Gasteiger partial charge in [0.05, 0.1) is 19.3 Å². The standard InChI is InChI=1S/C9H15N3OS/c10-7-8(9-11-1-6-14-9)12-2-4-13-5-3-12/h1,6,8H,2-5,7,10H2. The monoisotopic (exact) mass is 213 g/mol. The van der Waals surface area contributed by atoms with Gasteiger partial charge in [-0.25, -0.2) is 4.98 Å². The Hall–Kier alpha value is -0.490. The molecule has 2 rings (SSSR count). The number of thiazole rings is 1. The van der Waals surface area contributed by atoms with Crippen molar-refractivity contribution in [3.05, 3.63) is 16.6 Å². The van der Waals surface area contributed by atoms with E-state index in [1.165, 1.54) is 0 Å². The lowest BCUT2D eigenvalue weighted by atomic mass is 10.2. The van der Waals surface area contributed by atoms with Crippen molar-refractivity contribution in [1.82, 2.24) is 9.88 Å². The van der Waals surface area contributed by atoms with Gasteiger partial charge in [0.2, 0.25) is 0 Å².